The van der Waals surface area contributed by atoms with E-state index in [-0.39, 0.29) is 16.9 Å². The highest BCUT2D eigenvalue weighted by Gasteiger charge is 2.32. The largest absolute Gasteiger partial charge is 0.512 e. The lowest BCUT2D eigenvalue weighted by Gasteiger charge is -2.34. The zero-order valence-electron chi connectivity index (χ0n) is 28.6. The number of unbranched alkanes of at least 4 members (excludes halogenated alkanes) is 1. The minimum Gasteiger partial charge on any atom is -0.512 e. The zero-order chi connectivity index (χ0) is 31.5. The van der Waals surface area contributed by atoms with Gasteiger partial charge in [-0.3, -0.25) is 0 Å². The molecule has 0 aromatic heterocycles. The van der Waals surface area contributed by atoms with E-state index in [0.29, 0.717) is 24.0 Å². The van der Waals surface area contributed by atoms with E-state index in [0.717, 1.165) is 36.3 Å². The Balaban J connectivity index is 1.67. The second kappa shape index (κ2) is 16.4. The van der Waals surface area contributed by atoms with Gasteiger partial charge in [-0.05, 0) is 75.5 Å². The van der Waals surface area contributed by atoms with Crippen LogP contribution in [0.5, 0.6) is 0 Å². The number of rotatable bonds is 11. The average Bonchev–Trinajstić information content (AvgIpc) is 2.84. The molecule has 0 spiro atoms. The van der Waals surface area contributed by atoms with Crippen LogP contribution in [0.1, 0.15) is 133 Å². The van der Waals surface area contributed by atoms with Crippen LogP contribution in [0.2, 0.25) is 0 Å². The SMILES string of the molecule is CC1=C(C#CC(C)CCCC(C)CCCCC(C)/C=C/C=C(\C)C#CC2=C(C)C[C@@H](O)CC2(C)C)C(C)(C)CC(O)=C1. The molecule has 0 aliphatic heterocycles. The molecule has 3 unspecified atom stereocenters. The molecular weight excluding hydrogens is 512 g/mol. The third-order valence-electron chi connectivity index (χ3n) is 9.02. The van der Waals surface area contributed by atoms with E-state index in [4.69, 9.17) is 0 Å². The fraction of sp³-hybridized carbons (Fsp3) is 0.650. The molecule has 2 aliphatic carbocycles. The molecule has 2 rings (SSSR count). The smallest absolute Gasteiger partial charge is 0.0934 e. The van der Waals surface area contributed by atoms with Crippen LogP contribution < -0.4 is 0 Å². The summed E-state index contributed by atoms with van der Waals surface area (Å²) in [5.41, 5.74) is 5.64. The van der Waals surface area contributed by atoms with E-state index in [9.17, 15) is 10.2 Å². The lowest BCUT2D eigenvalue weighted by atomic mass is 9.72. The summed E-state index contributed by atoms with van der Waals surface area (Å²) in [5, 5.41) is 20.1. The standard InChI is InChI=1S/C40H60O2/c1-29(17-13-19-31(3)21-23-37-33(5)25-35(41)27-39(37,7)8)15-11-12-16-30(2)18-14-20-32(4)22-24-38-34(6)26-36(42)28-40(38,9)10/h13,17,19,26,29-30,32,35,41-42H,11-12,14-16,18,20,25,27-28H2,1-10H3/b17-13+,31-19+/t29?,30?,32?,35-/m1/s1. The summed E-state index contributed by atoms with van der Waals surface area (Å²) in [7, 11) is 0. The number of hydrogen-bond acceptors (Lipinski definition) is 2. The van der Waals surface area contributed by atoms with Crippen LogP contribution in [-0.4, -0.2) is 16.3 Å². The van der Waals surface area contributed by atoms with E-state index in [1.165, 1.54) is 55.2 Å². The molecule has 0 heterocycles. The summed E-state index contributed by atoms with van der Waals surface area (Å²) in [4.78, 5) is 0. The molecule has 0 fully saturated rings. The third kappa shape index (κ3) is 12.1. The summed E-state index contributed by atoms with van der Waals surface area (Å²) in [6.07, 6.45) is 19.2. The van der Waals surface area contributed by atoms with Gasteiger partial charge in [-0.2, -0.15) is 0 Å². The molecule has 0 aromatic carbocycles. The number of aliphatic hydroxyl groups excluding tert-OH is 2. The molecule has 2 nitrogen and oxygen atoms in total. The van der Waals surface area contributed by atoms with Crippen molar-refractivity contribution >= 4 is 0 Å². The fourth-order valence-electron chi connectivity index (χ4n) is 6.62. The fourth-order valence-corrected chi connectivity index (χ4v) is 6.62. The Labute approximate surface area is 259 Å². The topological polar surface area (TPSA) is 40.5 Å². The molecule has 0 bridgehead atoms. The van der Waals surface area contributed by atoms with Crippen LogP contribution in [0.4, 0.5) is 0 Å². The van der Waals surface area contributed by atoms with E-state index < -0.39 is 0 Å². The third-order valence-corrected chi connectivity index (χ3v) is 9.02. The monoisotopic (exact) mass is 572 g/mol. The lowest BCUT2D eigenvalue weighted by molar-refractivity contribution is 0.117. The van der Waals surface area contributed by atoms with Crippen LogP contribution in [0.15, 0.2) is 57.9 Å². The highest BCUT2D eigenvalue weighted by Crippen LogP contribution is 2.40. The molecule has 0 saturated heterocycles. The minimum atomic E-state index is -0.243. The maximum Gasteiger partial charge on any atom is 0.0934 e. The van der Waals surface area contributed by atoms with Crippen molar-refractivity contribution in [3.05, 3.63) is 57.9 Å². The molecule has 2 N–H and O–H groups in total. The average molecular weight is 573 g/mol. The summed E-state index contributed by atoms with van der Waals surface area (Å²) >= 11 is 0. The van der Waals surface area contributed by atoms with Crippen molar-refractivity contribution in [3.63, 3.8) is 0 Å². The molecule has 0 amide bonds. The first-order valence-corrected chi connectivity index (χ1v) is 16.5. The normalized spacial score (nSPS) is 22.6. The summed E-state index contributed by atoms with van der Waals surface area (Å²) in [6, 6.07) is 0. The highest BCUT2D eigenvalue weighted by atomic mass is 16.3. The summed E-state index contributed by atoms with van der Waals surface area (Å²) < 4.78 is 0. The van der Waals surface area contributed by atoms with Crippen molar-refractivity contribution in [2.45, 2.75) is 140 Å². The first kappa shape index (κ1) is 35.8. The van der Waals surface area contributed by atoms with Crippen molar-refractivity contribution in [1.29, 1.82) is 0 Å². The Morgan fingerprint density at radius 1 is 0.952 bits per heavy atom. The number of aliphatic hydroxyl groups is 2. The van der Waals surface area contributed by atoms with Crippen molar-refractivity contribution in [2.75, 3.05) is 0 Å². The van der Waals surface area contributed by atoms with Crippen LogP contribution in [0.25, 0.3) is 0 Å². The highest BCUT2D eigenvalue weighted by molar-refractivity contribution is 5.46. The molecule has 0 aromatic rings. The summed E-state index contributed by atoms with van der Waals surface area (Å²) in [5.74, 6) is 15.9. The van der Waals surface area contributed by atoms with E-state index in [1.807, 2.05) is 6.08 Å². The maximum atomic E-state index is 10.1. The lowest BCUT2D eigenvalue weighted by Crippen LogP contribution is -2.28. The Bertz CT molecular complexity index is 1190. The van der Waals surface area contributed by atoms with E-state index in [2.05, 4.69) is 111 Å². The van der Waals surface area contributed by atoms with Crippen molar-refractivity contribution in [1.82, 2.24) is 0 Å². The Hall–Kier alpha value is -2.42. The Morgan fingerprint density at radius 2 is 1.62 bits per heavy atom. The Morgan fingerprint density at radius 3 is 2.29 bits per heavy atom. The molecule has 0 saturated carbocycles. The number of hydrogen-bond donors (Lipinski definition) is 2. The van der Waals surface area contributed by atoms with Crippen LogP contribution >= 0.6 is 0 Å². The van der Waals surface area contributed by atoms with Crippen molar-refractivity contribution < 1.29 is 10.2 Å². The maximum absolute atomic E-state index is 10.1. The van der Waals surface area contributed by atoms with E-state index in [1.54, 1.807) is 0 Å². The molecule has 2 heteroatoms. The molecule has 42 heavy (non-hydrogen) atoms. The van der Waals surface area contributed by atoms with Crippen molar-refractivity contribution in [3.8, 4) is 23.7 Å². The zero-order valence-corrected chi connectivity index (χ0v) is 28.6. The predicted octanol–water partition coefficient (Wildman–Crippen LogP) is 10.8. The van der Waals surface area contributed by atoms with E-state index >= 15 is 0 Å². The van der Waals surface area contributed by atoms with Crippen LogP contribution in [0, 0.1) is 52.3 Å². The van der Waals surface area contributed by atoms with Gasteiger partial charge in [0.1, 0.15) is 0 Å². The van der Waals surface area contributed by atoms with Gasteiger partial charge >= 0.3 is 0 Å². The van der Waals surface area contributed by atoms with Crippen LogP contribution in [0.3, 0.4) is 0 Å². The van der Waals surface area contributed by atoms with Gasteiger partial charge in [-0.1, -0.05) is 128 Å². The van der Waals surface area contributed by atoms with Gasteiger partial charge < -0.3 is 10.2 Å². The quantitative estimate of drug-likeness (QED) is 0.147. The molecule has 4 atom stereocenters. The summed E-state index contributed by atoms with van der Waals surface area (Å²) in [6.45, 7) is 21.9. The second-order valence-corrected chi connectivity index (χ2v) is 14.8. The molecule has 232 valence electrons. The van der Waals surface area contributed by atoms with Gasteiger partial charge in [0.25, 0.3) is 0 Å². The van der Waals surface area contributed by atoms with Gasteiger partial charge in [-0.15, -0.1) is 0 Å². The molecular formula is C40H60O2. The minimum absolute atomic E-state index is 0.0572. The van der Waals surface area contributed by atoms with Gasteiger partial charge in [0.15, 0.2) is 0 Å². The molecule has 0 radical (unpaired) electrons. The second-order valence-electron chi connectivity index (χ2n) is 14.8. The Kier molecular flexibility index (Phi) is 14.0. The number of allylic oxidation sites excluding steroid dienone is 9. The van der Waals surface area contributed by atoms with Gasteiger partial charge in [0.05, 0.1) is 11.9 Å². The first-order chi connectivity index (χ1) is 19.6. The first-order valence-electron chi connectivity index (χ1n) is 16.5. The molecule has 2 aliphatic rings. The van der Waals surface area contributed by atoms with Gasteiger partial charge in [0.2, 0.25) is 0 Å². The predicted molar refractivity (Wildman–Crippen MR) is 182 cm³/mol. The van der Waals surface area contributed by atoms with Crippen molar-refractivity contribution in [2.24, 2.45) is 28.6 Å². The van der Waals surface area contributed by atoms with Gasteiger partial charge in [-0.25, -0.2) is 0 Å². The van der Waals surface area contributed by atoms with Gasteiger partial charge in [0, 0.05) is 34.3 Å². The van der Waals surface area contributed by atoms with Crippen LogP contribution in [-0.2, 0) is 0 Å².